The van der Waals surface area contributed by atoms with E-state index in [2.05, 4.69) is 25.5 Å². The van der Waals surface area contributed by atoms with Crippen LogP contribution in [0, 0.1) is 6.92 Å². The molecule has 7 heteroatoms. The van der Waals surface area contributed by atoms with Gasteiger partial charge in [-0.05, 0) is 34.0 Å². The fourth-order valence-electron chi connectivity index (χ4n) is 1.74. The number of hydrogen-bond donors (Lipinski definition) is 2. The lowest BCUT2D eigenvalue weighted by molar-refractivity contribution is 0.0947. The van der Waals surface area contributed by atoms with Gasteiger partial charge < -0.3 is 20.3 Å². The van der Waals surface area contributed by atoms with Crippen molar-refractivity contribution in [3.8, 4) is 0 Å². The van der Waals surface area contributed by atoms with Gasteiger partial charge in [0.05, 0.1) is 6.61 Å². The molecule has 1 aromatic heterocycles. The predicted octanol–water partition coefficient (Wildman–Crippen LogP) is 0.525. The van der Waals surface area contributed by atoms with Crippen molar-refractivity contribution >= 4 is 11.7 Å². The summed E-state index contributed by atoms with van der Waals surface area (Å²) in [6.45, 7) is 4.55. The SMILES string of the molecule is COCCNc1cc(C(=O)NCCCN(C)C)nc(C)n1. The molecule has 1 heterocycles. The highest BCUT2D eigenvalue weighted by molar-refractivity contribution is 5.92. The van der Waals surface area contributed by atoms with Gasteiger partial charge in [0.25, 0.3) is 5.91 Å². The van der Waals surface area contributed by atoms with Crippen molar-refractivity contribution in [1.29, 1.82) is 0 Å². The van der Waals surface area contributed by atoms with Crippen molar-refractivity contribution in [2.24, 2.45) is 0 Å². The van der Waals surface area contributed by atoms with E-state index in [0.717, 1.165) is 13.0 Å². The molecule has 0 aliphatic carbocycles. The number of hydrogen-bond acceptors (Lipinski definition) is 6. The molecule has 1 rings (SSSR count). The Morgan fingerprint density at radius 1 is 1.33 bits per heavy atom. The molecule has 1 aromatic rings. The van der Waals surface area contributed by atoms with Gasteiger partial charge in [-0.2, -0.15) is 0 Å². The van der Waals surface area contributed by atoms with E-state index >= 15 is 0 Å². The van der Waals surface area contributed by atoms with E-state index in [-0.39, 0.29) is 5.91 Å². The van der Waals surface area contributed by atoms with Crippen LogP contribution in [0.4, 0.5) is 5.82 Å². The van der Waals surface area contributed by atoms with Crippen LogP contribution in [-0.2, 0) is 4.74 Å². The van der Waals surface area contributed by atoms with Crippen LogP contribution in [0.15, 0.2) is 6.07 Å². The summed E-state index contributed by atoms with van der Waals surface area (Å²) in [6, 6.07) is 1.66. The number of aromatic nitrogens is 2. The molecule has 0 bridgehead atoms. The van der Waals surface area contributed by atoms with E-state index in [0.29, 0.717) is 37.0 Å². The average Bonchev–Trinajstić information content (AvgIpc) is 2.43. The first-order valence-corrected chi connectivity index (χ1v) is 7.04. The van der Waals surface area contributed by atoms with E-state index in [4.69, 9.17) is 4.74 Å². The van der Waals surface area contributed by atoms with Crippen LogP contribution in [-0.4, -0.2) is 68.2 Å². The van der Waals surface area contributed by atoms with Crippen LogP contribution < -0.4 is 10.6 Å². The number of aryl methyl sites for hydroxylation is 1. The summed E-state index contributed by atoms with van der Waals surface area (Å²) >= 11 is 0. The maximum Gasteiger partial charge on any atom is 0.270 e. The predicted molar refractivity (Wildman–Crippen MR) is 82.6 cm³/mol. The number of rotatable bonds is 9. The fourth-order valence-corrected chi connectivity index (χ4v) is 1.74. The van der Waals surface area contributed by atoms with Crippen molar-refractivity contribution in [1.82, 2.24) is 20.2 Å². The van der Waals surface area contributed by atoms with Gasteiger partial charge >= 0.3 is 0 Å². The lowest BCUT2D eigenvalue weighted by Crippen LogP contribution is -2.28. The van der Waals surface area contributed by atoms with E-state index in [1.807, 2.05) is 14.1 Å². The molecule has 0 aliphatic rings. The smallest absolute Gasteiger partial charge is 0.270 e. The Morgan fingerprint density at radius 3 is 2.76 bits per heavy atom. The summed E-state index contributed by atoms with van der Waals surface area (Å²) < 4.78 is 4.97. The third kappa shape index (κ3) is 7.01. The molecule has 0 saturated carbocycles. The van der Waals surface area contributed by atoms with E-state index < -0.39 is 0 Å². The van der Waals surface area contributed by atoms with Crippen LogP contribution in [0.25, 0.3) is 0 Å². The van der Waals surface area contributed by atoms with Crippen molar-refractivity contribution in [2.45, 2.75) is 13.3 Å². The second kappa shape index (κ2) is 9.25. The first-order chi connectivity index (χ1) is 10.0. The monoisotopic (exact) mass is 295 g/mol. The largest absolute Gasteiger partial charge is 0.383 e. The standard InChI is InChI=1S/C14H25N5O2/c1-11-17-12(10-13(18-11)15-7-9-21-4)14(20)16-6-5-8-19(2)3/h10H,5-9H2,1-4H3,(H,16,20)(H,15,17,18). The minimum absolute atomic E-state index is 0.172. The van der Waals surface area contributed by atoms with Crippen molar-refractivity contribution in [2.75, 3.05) is 52.8 Å². The third-order valence-corrected chi connectivity index (χ3v) is 2.75. The average molecular weight is 295 g/mol. The van der Waals surface area contributed by atoms with E-state index in [9.17, 15) is 4.79 Å². The highest BCUT2D eigenvalue weighted by Crippen LogP contribution is 2.06. The van der Waals surface area contributed by atoms with Crippen LogP contribution >= 0.6 is 0 Å². The Balaban J connectivity index is 2.54. The maximum atomic E-state index is 12.1. The topological polar surface area (TPSA) is 79.4 Å². The number of amides is 1. The van der Waals surface area contributed by atoms with E-state index in [1.54, 1.807) is 20.1 Å². The molecular formula is C14H25N5O2. The Kier molecular flexibility index (Phi) is 7.63. The summed E-state index contributed by atoms with van der Waals surface area (Å²) in [5, 5.41) is 5.97. The summed E-state index contributed by atoms with van der Waals surface area (Å²) in [4.78, 5) is 22.6. The Labute approximate surface area is 126 Å². The summed E-state index contributed by atoms with van der Waals surface area (Å²) in [6.07, 6.45) is 0.905. The third-order valence-electron chi connectivity index (χ3n) is 2.75. The first-order valence-electron chi connectivity index (χ1n) is 7.04. The molecule has 2 N–H and O–H groups in total. The highest BCUT2D eigenvalue weighted by Gasteiger charge is 2.09. The minimum Gasteiger partial charge on any atom is -0.383 e. The zero-order chi connectivity index (χ0) is 15.7. The number of carbonyl (C=O) groups is 1. The molecule has 0 fully saturated rings. The number of ether oxygens (including phenoxy) is 1. The van der Waals surface area contributed by atoms with Crippen LogP contribution in [0.5, 0.6) is 0 Å². The summed E-state index contributed by atoms with van der Waals surface area (Å²) in [7, 11) is 5.65. The zero-order valence-corrected chi connectivity index (χ0v) is 13.3. The Hall–Kier alpha value is -1.73. The maximum absolute atomic E-state index is 12.1. The van der Waals surface area contributed by atoms with Gasteiger partial charge in [0.15, 0.2) is 0 Å². The van der Waals surface area contributed by atoms with E-state index in [1.165, 1.54) is 0 Å². The molecule has 0 atom stereocenters. The van der Waals surface area contributed by atoms with Crippen LogP contribution in [0.2, 0.25) is 0 Å². The molecule has 7 nitrogen and oxygen atoms in total. The Morgan fingerprint density at radius 2 is 2.10 bits per heavy atom. The van der Waals surface area contributed by atoms with Gasteiger partial charge in [-0.3, -0.25) is 4.79 Å². The molecule has 1 amide bonds. The molecule has 0 aromatic carbocycles. The van der Waals surface area contributed by atoms with Gasteiger partial charge in [0.2, 0.25) is 0 Å². The number of nitrogens with zero attached hydrogens (tertiary/aromatic N) is 3. The number of carbonyl (C=O) groups excluding carboxylic acids is 1. The van der Waals surface area contributed by atoms with Crippen LogP contribution in [0.1, 0.15) is 22.7 Å². The van der Waals surface area contributed by atoms with Gasteiger partial charge in [0, 0.05) is 26.3 Å². The number of anilines is 1. The van der Waals surface area contributed by atoms with Gasteiger partial charge in [-0.25, -0.2) is 9.97 Å². The Bertz CT molecular complexity index is 451. The van der Waals surface area contributed by atoms with Crippen molar-refractivity contribution in [3.05, 3.63) is 17.6 Å². The fraction of sp³-hybridized carbons (Fsp3) is 0.643. The van der Waals surface area contributed by atoms with Crippen molar-refractivity contribution in [3.63, 3.8) is 0 Å². The normalized spacial score (nSPS) is 10.7. The van der Waals surface area contributed by atoms with Gasteiger partial charge in [0.1, 0.15) is 17.3 Å². The molecular weight excluding hydrogens is 270 g/mol. The van der Waals surface area contributed by atoms with Gasteiger partial charge in [-0.15, -0.1) is 0 Å². The molecule has 0 radical (unpaired) electrons. The molecule has 0 saturated heterocycles. The quantitative estimate of drug-likeness (QED) is 0.647. The van der Waals surface area contributed by atoms with Gasteiger partial charge in [-0.1, -0.05) is 0 Å². The first kappa shape index (κ1) is 17.3. The van der Waals surface area contributed by atoms with Crippen molar-refractivity contribution < 1.29 is 9.53 Å². The second-order valence-corrected chi connectivity index (χ2v) is 5.02. The molecule has 21 heavy (non-hydrogen) atoms. The second-order valence-electron chi connectivity index (χ2n) is 5.02. The summed E-state index contributed by atoms with van der Waals surface area (Å²) in [5.74, 6) is 1.03. The highest BCUT2D eigenvalue weighted by atomic mass is 16.5. The number of methoxy groups -OCH3 is 1. The molecule has 0 unspecified atom stereocenters. The van der Waals surface area contributed by atoms with Crippen LogP contribution in [0.3, 0.4) is 0 Å². The molecule has 0 aliphatic heterocycles. The molecule has 0 spiro atoms. The summed E-state index contributed by atoms with van der Waals surface area (Å²) in [5.41, 5.74) is 0.382. The lowest BCUT2D eigenvalue weighted by Gasteiger charge is -2.11. The minimum atomic E-state index is -0.172. The molecule has 118 valence electrons. The zero-order valence-electron chi connectivity index (χ0n) is 13.3. The lowest BCUT2D eigenvalue weighted by atomic mass is 10.3. The number of nitrogens with one attached hydrogen (secondary N) is 2.